The van der Waals surface area contributed by atoms with Crippen LogP contribution in [0.1, 0.15) is 25.3 Å². The van der Waals surface area contributed by atoms with E-state index in [-0.39, 0.29) is 6.03 Å². The van der Waals surface area contributed by atoms with E-state index in [1.165, 1.54) is 0 Å². The van der Waals surface area contributed by atoms with Crippen LogP contribution in [0.5, 0.6) is 0 Å². The Morgan fingerprint density at radius 1 is 1.40 bits per heavy atom. The van der Waals surface area contributed by atoms with Gasteiger partial charge in [-0.2, -0.15) is 0 Å². The number of carbonyl (C=O) groups is 1. The molecule has 0 aliphatic heterocycles. The van der Waals surface area contributed by atoms with E-state index in [1.54, 1.807) is 7.05 Å². The van der Waals surface area contributed by atoms with Gasteiger partial charge >= 0.3 is 6.03 Å². The van der Waals surface area contributed by atoms with Crippen molar-refractivity contribution < 1.29 is 4.79 Å². The van der Waals surface area contributed by atoms with E-state index in [0.717, 1.165) is 5.56 Å². The number of carbonyl (C=O) groups excluding carboxylic acids is 1. The number of hydrogen-bond donors (Lipinski definition) is 2. The second kappa shape index (κ2) is 5.03. The fourth-order valence-corrected chi connectivity index (χ4v) is 1.41. The van der Waals surface area contributed by atoms with Crippen LogP contribution in [0.2, 0.25) is 5.02 Å². The Balaban J connectivity index is 2.88. The summed E-state index contributed by atoms with van der Waals surface area (Å²) < 4.78 is 0. The third-order valence-corrected chi connectivity index (χ3v) is 2.45. The summed E-state index contributed by atoms with van der Waals surface area (Å²) in [5.41, 5.74) is 1.78. The molecule has 0 unspecified atom stereocenters. The van der Waals surface area contributed by atoms with Crippen molar-refractivity contribution in [3.05, 3.63) is 28.8 Å². The minimum atomic E-state index is -0.269. The number of urea groups is 1. The summed E-state index contributed by atoms with van der Waals surface area (Å²) in [6.07, 6.45) is 0. The predicted octanol–water partition coefficient (Wildman–Crippen LogP) is 3.21. The van der Waals surface area contributed by atoms with E-state index < -0.39 is 0 Å². The van der Waals surface area contributed by atoms with Crippen molar-refractivity contribution in [2.24, 2.45) is 0 Å². The maximum atomic E-state index is 11.1. The van der Waals surface area contributed by atoms with Crippen LogP contribution >= 0.6 is 11.6 Å². The van der Waals surface area contributed by atoms with E-state index in [1.807, 2.05) is 18.2 Å². The zero-order valence-electron chi connectivity index (χ0n) is 9.10. The molecule has 0 radical (unpaired) electrons. The Hall–Kier alpha value is -1.22. The molecule has 0 heterocycles. The fourth-order valence-electron chi connectivity index (χ4n) is 1.18. The topological polar surface area (TPSA) is 41.1 Å². The van der Waals surface area contributed by atoms with E-state index >= 15 is 0 Å². The highest BCUT2D eigenvalue weighted by Gasteiger charge is 2.06. The van der Waals surface area contributed by atoms with Crippen molar-refractivity contribution in [2.45, 2.75) is 19.8 Å². The molecule has 0 aliphatic rings. The molecule has 0 saturated heterocycles. The first-order valence-corrected chi connectivity index (χ1v) is 5.20. The molecule has 3 nitrogen and oxygen atoms in total. The molecule has 2 N–H and O–H groups in total. The summed E-state index contributed by atoms with van der Waals surface area (Å²) >= 11 is 6.03. The summed E-state index contributed by atoms with van der Waals surface area (Å²) in [7, 11) is 1.56. The van der Waals surface area contributed by atoms with Crippen molar-refractivity contribution in [2.75, 3.05) is 12.4 Å². The maximum absolute atomic E-state index is 11.1. The molecule has 0 fully saturated rings. The van der Waals surface area contributed by atoms with Crippen LogP contribution in [0.25, 0.3) is 0 Å². The quantitative estimate of drug-likeness (QED) is 0.799. The third kappa shape index (κ3) is 3.13. The van der Waals surface area contributed by atoms with Crippen molar-refractivity contribution in [3.63, 3.8) is 0 Å². The summed E-state index contributed by atoms with van der Waals surface area (Å²) in [4.78, 5) is 11.1. The summed E-state index contributed by atoms with van der Waals surface area (Å²) in [6, 6.07) is 5.38. The van der Waals surface area contributed by atoms with Crippen LogP contribution in [-0.2, 0) is 0 Å². The predicted molar refractivity (Wildman–Crippen MR) is 63.6 cm³/mol. The Kier molecular flexibility index (Phi) is 3.97. The first-order valence-electron chi connectivity index (χ1n) is 4.82. The van der Waals surface area contributed by atoms with E-state index in [2.05, 4.69) is 24.5 Å². The lowest BCUT2D eigenvalue weighted by Gasteiger charge is -2.10. The molecule has 1 aromatic rings. The Bertz CT molecular complexity index is 364. The molecule has 0 spiro atoms. The number of anilines is 1. The number of nitrogens with one attached hydrogen (secondary N) is 2. The van der Waals surface area contributed by atoms with Gasteiger partial charge in [0.15, 0.2) is 0 Å². The van der Waals surface area contributed by atoms with Crippen LogP contribution in [0.3, 0.4) is 0 Å². The van der Waals surface area contributed by atoms with E-state index in [4.69, 9.17) is 11.6 Å². The summed E-state index contributed by atoms with van der Waals surface area (Å²) in [5.74, 6) is 0.427. The van der Waals surface area contributed by atoms with Gasteiger partial charge in [0, 0.05) is 7.05 Å². The first kappa shape index (κ1) is 11.9. The Labute approximate surface area is 94.8 Å². The molecule has 1 aromatic carbocycles. The van der Waals surface area contributed by atoms with Crippen LogP contribution in [0.15, 0.2) is 18.2 Å². The van der Waals surface area contributed by atoms with Gasteiger partial charge in [-0.25, -0.2) is 4.79 Å². The number of benzene rings is 1. The smallest absolute Gasteiger partial charge is 0.319 e. The monoisotopic (exact) mass is 226 g/mol. The maximum Gasteiger partial charge on any atom is 0.319 e. The highest BCUT2D eigenvalue weighted by molar-refractivity contribution is 6.33. The molecule has 4 heteroatoms. The lowest BCUT2D eigenvalue weighted by molar-refractivity contribution is 0.254. The molecule has 15 heavy (non-hydrogen) atoms. The lowest BCUT2D eigenvalue weighted by atomic mass is 10.0. The van der Waals surface area contributed by atoms with Crippen molar-refractivity contribution >= 4 is 23.3 Å². The number of rotatable bonds is 2. The minimum absolute atomic E-state index is 0.269. The van der Waals surface area contributed by atoms with Crippen molar-refractivity contribution in [3.8, 4) is 0 Å². The molecule has 2 amide bonds. The molecule has 82 valence electrons. The molecular weight excluding hydrogens is 212 g/mol. The van der Waals surface area contributed by atoms with Gasteiger partial charge in [0.25, 0.3) is 0 Å². The minimum Gasteiger partial charge on any atom is -0.341 e. The van der Waals surface area contributed by atoms with Crippen LogP contribution in [-0.4, -0.2) is 13.1 Å². The first-order chi connectivity index (χ1) is 7.04. The second-order valence-corrected chi connectivity index (χ2v) is 4.01. The molecule has 0 aliphatic carbocycles. The highest BCUT2D eigenvalue weighted by Crippen LogP contribution is 2.26. The van der Waals surface area contributed by atoms with Gasteiger partial charge in [-0.05, 0) is 23.6 Å². The van der Waals surface area contributed by atoms with Gasteiger partial charge in [0.1, 0.15) is 0 Å². The second-order valence-electron chi connectivity index (χ2n) is 3.60. The normalized spacial score (nSPS) is 10.2. The number of halogens is 1. The van der Waals surface area contributed by atoms with Crippen molar-refractivity contribution in [1.29, 1.82) is 0 Å². The SMILES string of the molecule is CNC(=O)Nc1ccc(C(C)C)cc1Cl. The average Bonchev–Trinajstić information content (AvgIpc) is 2.20. The molecule has 0 bridgehead atoms. The van der Waals surface area contributed by atoms with E-state index in [9.17, 15) is 4.79 Å². The van der Waals surface area contributed by atoms with E-state index in [0.29, 0.717) is 16.6 Å². The summed E-state index contributed by atoms with van der Waals surface area (Å²) in [5, 5.41) is 5.67. The zero-order valence-corrected chi connectivity index (χ0v) is 9.85. The highest BCUT2D eigenvalue weighted by atomic mass is 35.5. The van der Waals surface area contributed by atoms with Crippen LogP contribution in [0.4, 0.5) is 10.5 Å². The zero-order chi connectivity index (χ0) is 11.4. The molecule has 1 rings (SSSR count). The van der Waals surface area contributed by atoms with Gasteiger partial charge in [-0.3, -0.25) is 0 Å². The van der Waals surface area contributed by atoms with Gasteiger partial charge in [0.05, 0.1) is 10.7 Å². The number of hydrogen-bond acceptors (Lipinski definition) is 1. The van der Waals surface area contributed by atoms with Gasteiger partial charge in [0.2, 0.25) is 0 Å². The third-order valence-electron chi connectivity index (χ3n) is 2.14. The van der Waals surface area contributed by atoms with Gasteiger partial charge in [-0.15, -0.1) is 0 Å². The van der Waals surface area contributed by atoms with Gasteiger partial charge < -0.3 is 10.6 Å². The molecule has 0 saturated carbocycles. The van der Waals surface area contributed by atoms with Crippen LogP contribution < -0.4 is 10.6 Å². The fraction of sp³-hybridized carbons (Fsp3) is 0.364. The molecular formula is C11H15ClN2O. The Morgan fingerprint density at radius 3 is 2.53 bits per heavy atom. The summed E-state index contributed by atoms with van der Waals surface area (Å²) in [6.45, 7) is 4.19. The standard InChI is InChI=1S/C11H15ClN2O/c1-7(2)8-4-5-10(9(12)6-8)14-11(15)13-3/h4-7H,1-3H3,(H2,13,14,15). The molecule has 0 aromatic heterocycles. The van der Waals surface area contributed by atoms with Crippen molar-refractivity contribution in [1.82, 2.24) is 5.32 Å². The van der Waals surface area contributed by atoms with Crippen LogP contribution in [0, 0.1) is 0 Å². The molecule has 0 atom stereocenters. The average molecular weight is 227 g/mol. The lowest BCUT2D eigenvalue weighted by Crippen LogP contribution is -2.24. The number of amides is 2. The van der Waals surface area contributed by atoms with Gasteiger partial charge in [-0.1, -0.05) is 31.5 Å². The Morgan fingerprint density at radius 2 is 2.07 bits per heavy atom. The largest absolute Gasteiger partial charge is 0.341 e.